The van der Waals surface area contributed by atoms with Crippen LogP contribution in [0, 0.1) is 0 Å². The van der Waals surface area contributed by atoms with Crippen LogP contribution in [0.5, 0.6) is 0 Å². The van der Waals surface area contributed by atoms with E-state index >= 15 is 0 Å². The maximum Gasteiger partial charge on any atom is 0.439 e. The Morgan fingerprint density at radius 2 is 1.96 bits per heavy atom. The molecule has 1 saturated heterocycles. The molecule has 0 saturated carbocycles. The van der Waals surface area contributed by atoms with Crippen LogP contribution in [0.1, 0.15) is 24.8 Å². The molecule has 1 aromatic heterocycles. The van der Waals surface area contributed by atoms with Crippen LogP contribution in [0.4, 0.5) is 0 Å². The summed E-state index contributed by atoms with van der Waals surface area (Å²) in [7, 11) is 0. The van der Waals surface area contributed by atoms with Gasteiger partial charge in [-0.2, -0.15) is 0 Å². The molecule has 1 fully saturated rings. The highest BCUT2D eigenvalue weighted by atomic mass is 16.5. The molecule has 0 spiro atoms. The Labute approximate surface area is 133 Å². The largest absolute Gasteiger partial charge is 0.439 e. The van der Waals surface area contributed by atoms with Crippen LogP contribution in [-0.2, 0) is 11.2 Å². The van der Waals surface area contributed by atoms with E-state index in [1.165, 1.54) is 6.42 Å². The van der Waals surface area contributed by atoms with Crippen molar-refractivity contribution in [3.05, 3.63) is 40.4 Å². The molecule has 122 valence electrons. The summed E-state index contributed by atoms with van der Waals surface area (Å²) in [6.07, 6.45) is 3.79. The molecule has 0 aliphatic carbocycles. The number of nitrogens with two attached hydrogens (primary N) is 1. The topological polar surface area (TPSA) is 105 Å². The first-order valence-electron chi connectivity index (χ1n) is 7.83. The fourth-order valence-electron chi connectivity index (χ4n) is 2.84. The third-order valence-corrected chi connectivity index (χ3v) is 4.11. The average Bonchev–Trinajstić information content (AvgIpc) is 3.02. The lowest BCUT2D eigenvalue weighted by molar-refractivity contribution is -0.133. The highest BCUT2D eigenvalue weighted by Gasteiger charge is 2.22. The molecule has 1 unspecified atom stereocenters. The maximum absolute atomic E-state index is 12.3. The van der Waals surface area contributed by atoms with E-state index in [0.717, 1.165) is 37.1 Å². The van der Waals surface area contributed by atoms with Gasteiger partial charge in [-0.05, 0) is 31.2 Å². The summed E-state index contributed by atoms with van der Waals surface area (Å²) >= 11 is 0. The number of aromatic amines is 1. The Morgan fingerprint density at radius 3 is 2.57 bits per heavy atom. The number of carbonyl (C=O) groups excluding carboxylic acids is 1. The minimum atomic E-state index is -0.585. The lowest BCUT2D eigenvalue weighted by atomic mass is 10.0. The molecule has 0 radical (unpaired) electrons. The van der Waals surface area contributed by atoms with Crippen LogP contribution >= 0.6 is 0 Å². The zero-order valence-corrected chi connectivity index (χ0v) is 12.8. The first-order chi connectivity index (χ1) is 11.1. The lowest BCUT2D eigenvalue weighted by Gasteiger charge is -2.29. The molecule has 7 nitrogen and oxygen atoms in total. The molecule has 1 aliphatic heterocycles. The number of nitrogens with one attached hydrogen (secondary N) is 1. The Bertz CT molecular complexity index is 713. The number of hydrogen-bond donors (Lipinski definition) is 2. The van der Waals surface area contributed by atoms with Gasteiger partial charge in [0.05, 0.1) is 6.04 Å². The van der Waals surface area contributed by atoms with Gasteiger partial charge in [0.15, 0.2) is 5.82 Å². The molecule has 3 rings (SSSR count). The van der Waals surface area contributed by atoms with E-state index in [1.807, 2.05) is 29.2 Å². The molecule has 0 bridgehead atoms. The number of nitrogens with zero attached hydrogens (tertiary/aromatic N) is 2. The number of benzene rings is 1. The quantitative estimate of drug-likeness (QED) is 0.872. The van der Waals surface area contributed by atoms with Gasteiger partial charge in [0.25, 0.3) is 0 Å². The van der Waals surface area contributed by atoms with Gasteiger partial charge in [-0.1, -0.05) is 29.4 Å². The van der Waals surface area contributed by atoms with Gasteiger partial charge < -0.3 is 10.6 Å². The zero-order chi connectivity index (χ0) is 16.2. The lowest BCUT2D eigenvalue weighted by Crippen LogP contribution is -2.46. The van der Waals surface area contributed by atoms with E-state index in [4.69, 9.17) is 5.73 Å². The summed E-state index contributed by atoms with van der Waals surface area (Å²) < 4.78 is 4.48. The molecule has 2 aromatic rings. The van der Waals surface area contributed by atoms with Crippen molar-refractivity contribution in [1.29, 1.82) is 0 Å². The summed E-state index contributed by atoms with van der Waals surface area (Å²) in [4.78, 5) is 27.6. The summed E-state index contributed by atoms with van der Waals surface area (Å²) in [6.45, 7) is 1.62. The Balaban J connectivity index is 1.63. The maximum atomic E-state index is 12.3. The van der Waals surface area contributed by atoms with Gasteiger partial charge in [-0.3, -0.25) is 14.3 Å². The van der Waals surface area contributed by atoms with Crippen LogP contribution in [0.25, 0.3) is 11.4 Å². The third-order valence-electron chi connectivity index (χ3n) is 4.11. The molecular weight excluding hydrogens is 296 g/mol. The highest BCUT2D eigenvalue weighted by molar-refractivity contribution is 5.82. The van der Waals surface area contributed by atoms with Crippen molar-refractivity contribution in [2.45, 2.75) is 31.7 Å². The van der Waals surface area contributed by atoms with Crippen molar-refractivity contribution in [2.75, 3.05) is 13.1 Å². The molecule has 23 heavy (non-hydrogen) atoms. The average molecular weight is 316 g/mol. The summed E-state index contributed by atoms with van der Waals surface area (Å²) in [6, 6.07) is 6.88. The number of carbonyl (C=O) groups is 1. The van der Waals surface area contributed by atoms with E-state index in [1.54, 1.807) is 0 Å². The first kappa shape index (κ1) is 15.5. The third kappa shape index (κ3) is 3.68. The number of H-pyrrole nitrogens is 1. The van der Waals surface area contributed by atoms with Gasteiger partial charge in [-0.25, -0.2) is 4.79 Å². The molecular formula is C16H20N4O3. The molecule has 1 atom stereocenters. The van der Waals surface area contributed by atoms with Crippen molar-refractivity contribution < 1.29 is 9.32 Å². The first-order valence-corrected chi connectivity index (χ1v) is 7.83. The second kappa shape index (κ2) is 6.78. The van der Waals surface area contributed by atoms with Crippen LogP contribution in [0.3, 0.4) is 0 Å². The number of piperidine rings is 1. The Morgan fingerprint density at radius 1 is 1.26 bits per heavy atom. The van der Waals surface area contributed by atoms with Gasteiger partial charge in [-0.15, -0.1) is 0 Å². The van der Waals surface area contributed by atoms with E-state index in [9.17, 15) is 9.59 Å². The summed E-state index contributed by atoms with van der Waals surface area (Å²) in [5.74, 6) is -0.178. The highest BCUT2D eigenvalue weighted by Crippen LogP contribution is 2.16. The molecule has 1 aliphatic rings. The van der Waals surface area contributed by atoms with Gasteiger partial charge in [0.1, 0.15) is 0 Å². The van der Waals surface area contributed by atoms with Crippen molar-refractivity contribution in [3.8, 4) is 11.4 Å². The predicted octanol–water partition coefficient (Wildman–Crippen LogP) is 0.912. The van der Waals surface area contributed by atoms with Gasteiger partial charge >= 0.3 is 5.76 Å². The molecule has 7 heteroatoms. The minimum absolute atomic E-state index is 0.0228. The van der Waals surface area contributed by atoms with E-state index < -0.39 is 11.8 Å². The zero-order valence-electron chi connectivity index (χ0n) is 12.8. The standard InChI is InChI=1S/C16H20N4O3/c17-13(15(21)20-8-2-1-3-9-20)10-11-4-6-12(7-5-11)14-18-16(22)23-19-14/h4-7,13H,1-3,8-10,17H2,(H,18,19,22). The molecule has 3 N–H and O–H groups in total. The van der Waals surface area contributed by atoms with Gasteiger partial charge in [0, 0.05) is 18.7 Å². The van der Waals surface area contributed by atoms with Crippen LogP contribution in [-0.4, -0.2) is 40.1 Å². The number of aromatic nitrogens is 2. The van der Waals surface area contributed by atoms with Crippen molar-refractivity contribution in [2.24, 2.45) is 5.73 Å². The number of likely N-dealkylation sites (tertiary alicyclic amines) is 1. The summed E-state index contributed by atoms with van der Waals surface area (Å²) in [5, 5.41) is 3.64. The molecule has 1 aromatic carbocycles. The fourth-order valence-corrected chi connectivity index (χ4v) is 2.84. The normalized spacial score (nSPS) is 16.3. The second-order valence-electron chi connectivity index (χ2n) is 5.84. The molecule has 2 heterocycles. The Hall–Kier alpha value is -2.41. The van der Waals surface area contributed by atoms with Crippen LogP contribution in [0.15, 0.2) is 33.6 Å². The van der Waals surface area contributed by atoms with Crippen molar-refractivity contribution in [1.82, 2.24) is 15.0 Å². The second-order valence-corrected chi connectivity index (χ2v) is 5.84. The smallest absolute Gasteiger partial charge is 0.341 e. The number of rotatable bonds is 4. The number of hydrogen-bond acceptors (Lipinski definition) is 5. The Kier molecular flexibility index (Phi) is 4.57. The molecule has 1 amide bonds. The SMILES string of the molecule is NC(Cc1ccc(-c2noc(=O)[nH]2)cc1)C(=O)N1CCCCC1. The van der Waals surface area contributed by atoms with Crippen LogP contribution in [0.2, 0.25) is 0 Å². The monoisotopic (exact) mass is 316 g/mol. The van der Waals surface area contributed by atoms with Crippen LogP contribution < -0.4 is 11.5 Å². The van der Waals surface area contributed by atoms with Gasteiger partial charge in [0.2, 0.25) is 5.91 Å². The fraction of sp³-hybridized carbons (Fsp3) is 0.438. The van der Waals surface area contributed by atoms with Crippen molar-refractivity contribution >= 4 is 5.91 Å². The minimum Gasteiger partial charge on any atom is -0.341 e. The van der Waals surface area contributed by atoms with E-state index in [0.29, 0.717) is 12.2 Å². The van der Waals surface area contributed by atoms with E-state index in [2.05, 4.69) is 14.7 Å². The van der Waals surface area contributed by atoms with E-state index in [-0.39, 0.29) is 5.91 Å². The predicted molar refractivity (Wildman–Crippen MR) is 84.7 cm³/mol. The van der Waals surface area contributed by atoms with Crippen molar-refractivity contribution in [3.63, 3.8) is 0 Å². The number of amides is 1. The summed E-state index contributed by atoms with van der Waals surface area (Å²) in [5.41, 5.74) is 7.78.